The number of fused-ring (bicyclic) bond motifs is 1. The Labute approximate surface area is 208 Å². The number of nitrogen functional groups attached to an aromatic ring is 1. The number of sulfonamides is 1. The monoisotopic (exact) mass is 536 g/mol. The van der Waals surface area contributed by atoms with Crippen molar-refractivity contribution in [1.29, 1.82) is 0 Å². The Bertz CT molecular complexity index is 1580. The fourth-order valence-electron chi connectivity index (χ4n) is 4.43. The minimum absolute atomic E-state index is 0.112. The average Bonchev–Trinajstić information content (AvgIpc) is 3.48. The SMILES string of the molecule is Nc1ncnc2c1c(-c1ccc(NS(=O)(=O)c3ccccc3OC(F)(F)F)c(F)c1)nn2C1CCCC1. The van der Waals surface area contributed by atoms with Crippen molar-refractivity contribution in [3.05, 3.63) is 54.6 Å². The van der Waals surface area contributed by atoms with Gasteiger partial charge in [0.1, 0.15) is 34.3 Å². The molecule has 5 rings (SSSR count). The van der Waals surface area contributed by atoms with Crippen LogP contribution in [0.3, 0.4) is 0 Å². The second-order valence-electron chi connectivity index (χ2n) is 8.48. The van der Waals surface area contributed by atoms with E-state index in [1.54, 1.807) is 4.68 Å². The first-order valence-corrected chi connectivity index (χ1v) is 12.7. The summed E-state index contributed by atoms with van der Waals surface area (Å²) in [6, 6.07) is 7.90. The van der Waals surface area contributed by atoms with Crippen molar-refractivity contribution in [1.82, 2.24) is 19.7 Å². The predicted molar refractivity (Wildman–Crippen MR) is 127 cm³/mol. The summed E-state index contributed by atoms with van der Waals surface area (Å²) >= 11 is 0. The second kappa shape index (κ2) is 9.18. The Morgan fingerprint density at radius 1 is 1.08 bits per heavy atom. The highest BCUT2D eigenvalue weighted by Gasteiger charge is 2.34. The summed E-state index contributed by atoms with van der Waals surface area (Å²) in [6.45, 7) is 0. The van der Waals surface area contributed by atoms with E-state index in [-0.39, 0.29) is 11.9 Å². The Morgan fingerprint density at radius 3 is 2.51 bits per heavy atom. The van der Waals surface area contributed by atoms with E-state index in [1.807, 2.05) is 4.72 Å². The fraction of sp³-hybridized carbons (Fsp3) is 0.261. The largest absolute Gasteiger partial charge is 0.573 e. The zero-order valence-corrected chi connectivity index (χ0v) is 19.9. The van der Waals surface area contributed by atoms with E-state index in [4.69, 9.17) is 5.73 Å². The van der Waals surface area contributed by atoms with Crippen LogP contribution in [0.2, 0.25) is 0 Å². The Hall–Kier alpha value is -3.94. The third-order valence-corrected chi connectivity index (χ3v) is 7.44. The molecule has 2 aromatic heterocycles. The molecule has 1 saturated carbocycles. The van der Waals surface area contributed by atoms with Gasteiger partial charge in [0.15, 0.2) is 5.65 Å². The minimum Gasteiger partial charge on any atom is -0.404 e. The van der Waals surface area contributed by atoms with Crippen LogP contribution in [0.4, 0.5) is 29.1 Å². The molecule has 0 saturated heterocycles. The first-order valence-electron chi connectivity index (χ1n) is 11.2. The molecular formula is C23H20F4N6O3S. The number of benzene rings is 2. The van der Waals surface area contributed by atoms with E-state index < -0.39 is 38.5 Å². The van der Waals surface area contributed by atoms with Gasteiger partial charge in [0.05, 0.1) is 17.1 Å². The maximum absolute atomic E-state index is 15.1. The number of hydrogen-bond donors (Lipinski definition) is 2. The van der Waals surface area contributed by atoms with Crippen LogP contribution in [0.25, 0.3) is 22.3 Å². The lowest BCUT2D eigenvalue weighted by Crippen LogP contribution is -2.21. The molecule has 0 spiro atoms. The van der Waals surface area contributed by atoms with Crippen molar-refractivity contribution >= 4 is 32.6 Å². The molecule has 1 aliphatic rings. The number of para-hydroxylation sites is 1. The molecule has 4 aromatic rings. The number of nitrogens with one attached hydrogen (secondary N) is 1. The molecule has 0 unspecified atom stereocenters. The minimum atomic E-state index is -5.12. The van der Waals surface area contributed by atoms with Crippen molar-refractivity contribution < 1.29 is 30.7 Å². The quantitative estimate of drug-likeness (QED) is 0.331. The zero-order chi connectivity index (χ0) is 26.4. The molecular weight excluding hydrogens is 516 g/mol. The Morgan fingerprint density at radius 2 is 1.81 bits per heavy atom. The summed E-state index contributed by atoms with van der Waals surface area (Å²) in [7, 11) is -4.64. The molecule has 14 heteroatoms. The fourth-order valence-corrected chi connectivity index (χ4v) is 5.62. The summed E-state index contributed by atoms with van der Waals surface area (Å²) < 4.78 is 86.5. The zero-order valence-electron chi connectivity index (χ0n) is 19.0. The van der Waals surface area contributed by atoms with Crippen LogP contribution in [0.15, 0.2) is 53.7 Å². The molecule has 0 radical (unpaired) electrons. The van der Waals surface area contributed by atoms with Gasteiger partial charge in [-0.05, 0) is 37.1 Å². The van der Waals surface area contributed by atoms with E-state index in [2.05, 4.69) is 19.8 Å². The van der Waals surface area contributed by atoms with Crippen molar-refractivity contribution in [3.63, 3.8) is 0 Å². The molecule has 0 atom stereocenters. The van der Waals surface area contributed by atoms with Gasteiger partial charge in [0.25, 0.3) is 10.0 Å². The summed E-state index contributed by atoms with van der Waals surface area (Å²) in [5.41, 5.74) is 6.76. The van der Waals surface area contributed by atoms with E-state index in [1.165, 1.54) is 24.5 Å². The van der Waals surface area contributed by atoms with Crippen molar-refractivity contribution in [2.24, 2.45) is 0 Å². The average molecular weight is 537 g/mol. The Balaban J connectivity index is 1.50. The molecule has 2 aromatic carbocycles. The number of ether oxygens (including phenoxy) is 1. The summed E-state index contributed by atoms with van der Waals surface area (Å²) in [6.07, 6.45) is 0.122. The number of nitrogens with zero attached hydrogens (tertiary/aromatic N) is 4. The summed E-state index contributed by atoms with van der Waals surface area (Å²) in [5, 5.41) is 5.09. The highest BCUT2D eigenvalue weighted by Crippen LogP contribution is 2.37. The molecule has 1 aliphatic carbocycles. The van der Waals surface area contributed by atoms with Gasteiger partial charge in [0.2, 0.25) is 0 Å². The number of halogens is 4. The number of nitrogens with two attached hydrogens (primary N) is 1. The standard InChI is InChI=1S/C23H20F4N6O3S/c24-15-11-13(20-19-21(28)29-12-30-22(19)33(31-20)14-5-1-2-6-14)9-10-16(15)32-37(34,35)18-8-4-3-7-17(18)36-23(25,26)27/h3-4,7-12,14,32H,1-2,5-6H2,(H2,28,29,30). The highest BCUT2D eigenvalue weighted by atomic mass is 32.2. The summed E-state index contributed by atoms with van der Waals surface area (Å²) in [4.78, 5) is 7.54. The van der Waals surface area contributed by atoms with Gasteiger partial charge in [0, 0.05) is 5.56 Å². The summed E-state index contributed by atoms with van der Waals surface area (Å²) in [5.74, 6) is -1.76. The molecule has 2 heterocycles. The smallest absolute Gasteiger partial charge is 0.404 e. The van der Waals surface area contributed by atoms with Crippen LogP contribution in [0, 0.1) is 5.82 Å². The molecule has 9 nitrogen and oxygen atoms in total. The van der Waals surface area contributed by atoms with Gasteiger partial charge in [-0.2, -0.15) is 5.10 Å². The molecule has 0 aliphatic heterocycles. The van der Waals surface area contributed by atoms with Crippen molar-refractivity contribution in [2.75, 3.05) is 10.5 Å². The van der Waals surface area contributed by atoms with E-state index in [9.17, 15) is 21.6 Å². The number of hydrogen-bond acceptors (Lipinski definition) is 7. The van der Waals surface area contributed by atoms with Crippen LogP contribution in [-0.4, -0.2) is 34.5 Å². The topological polar surface area (TPSA) is 125 Å². The molecule has 37 heavy (non-hydrogen) atoms. The van der Waals surface area contributed by atoms with Crippen molar-refractivity contribution in [2.45, 2.75) is 43.0 Å². The number of aromatic nitrogens is 4. The van der Waals surface area contributed by atoms with Crippen LogP contribution >= 0.6 is 0 Å². The highest BCUT2D eigenvalue weighted by molar-refractivity contribution is 7.92. The maximum atomic E-state index is 15.1. The normalized spacial score (nSPS) is 14.8. The van der Waals surface area contributed by atoms with E-state index in [0.717, 1.165) is 49.9 Å². The van der Waals surface area contributed by atoms with Gasteiger partial charge in [-0.3, -0.25) is 4.72 Å². The van der Waals surface area contributed by atoms with Gasteiger partial charge in [-0.1, -0.05) is 31.0 Å². The van der Waals surface area contributed by atoms with Crippen LogP contribution in [0.1, 0.15) is 31.7 Å². The van der Waals surface area contributed by atoms with Gasteiger partial charge >= 0.3 is 6.36 Å². The van der Waals surface area contributed by atoms with Gasteiger partial charge in [-0.25, -0.2) is 27.5 Å². The van der Waals surface area contributed by atoms with Crippen LogP contribution in [-0.2, 0) is 10.0 Å². The van der Waals surface area contributed by atoms with Crippen LogP contribution < -0.4 is 15.2 Å². The van der Waals surface area contributed by atoms with Crippen molar-refractivity contribution in [3.8, 4) is 17.0 Å². The van der Waals surface area contributed by atoms with Gasteiger partial charge < -0.3 is 10.5 Å². The lowest BCUT2D eigenvalue weighted by atomic mass is 10.1. The lowest BCUT2D eigenvalue weighted by molar-refractivity contribution is -0.275. The Kier molecular flexibility index (Phi) is 6.14. The number of rotatable bonds is 6. The first kappa shape index (κ1) is 24.7. The van der Waals surface area contributed by atoms with E-state index in [0.29, 0.717) is 22.3 Å². The maximum Gasteiger partial charge on any atom is 0.573 e. The third kappa shape index (κ3) is 4.88. The molecule has 0 amide bonds. The molecule has 194 valence electrons. The molecule has 0 bridgehead atoms. The van der Waals surface area contributed by atoms with Crippen LogP contribution in [0.5, 0.6) is 5.75 Å². The number of anilines is 2. The van der Waals surface area contributed by atoms with E-state index >= 15 is 4.39 Å². The molecule has 3 N–H and O–H groups in total. The number of alkyl halides is 3. The third-order valence-electron chi connectivity index (χ3n) is 6.04. The lowest BCUT2D eigenvalue weighted by Gasteiger charge is -2.15. The predicted octanol–water partition coefficient (Wildman–Crippen LogP) is 5.03. The van der Waals surface area contributed by atoms with Gasteiger partial charge in [-0.15, -0.1) is 13.2 Å². The second-order valence-corrected chi connectivity index (χ2v) is 10.1. The molecule has 1 fully saturated rings. The first-order chi connectivity index (χ1) is 17.5.